The lowest BCUT2D eigenvalue weighted by molar-refractivity contribution is 0.396. The third-order valence-corrected chi connectivity index (χ3v) is 3.07. The zero-order valence-electron chi connectivity index (χ0n) is 9.64. The van der Waals surface area contributed by atoms with Crippen LogP contribution < -0.4 is 16.2 Å². The van der Waals surface area contributed by atoms with Crippen LogP contribution in [0.3, 0.4) is 0 Å². The van der Waals surface area contributed by atoms with Gasteiger partial charge in [0.2, 0.25) is 5.88 Å². The van der Waals surface area contributed by atoms with Crippen molar-refractivity contribution in [1.29, 1.82) is 0 Å². The molecule has 2 aromatic rings. The van der Waals surface area contributed by atoms with Gasteiger partial charge in [0.15, 0.2) is 11.6 Å². The number of halogens is 3. The van der Waals surface area contributed by atoms with Crippen LogP contribution in [0.5, 0.6) is 5.88 Å². The van der Waals surface area contributed by atoms with E-state index in [4.69, 9.17) is 27.8 Å². The standard InChI is InChI=1S/C5H6BrN3O.C4H3BrClN3/c1-10-3-2-8-4(6)5(7)9-3;5-3-4(7)9-2(6)1-8-3/h2H,1H3,(H2,7,9);1H,(H2,7,9). The molecule has 7 nitrogen and oxygen atoms in total. The number of hydrogen-bond donors (Lipinski definition) is 2. The molecule has 0 spiro atoms. The molecule has 4 N–H and O–H groups in total. The second-order valence-corrected chi connectivity index (χ2v) is 4.85. The van der Waals surface area contributed by atoms with Gasteiger partial charge in [-0.15, -0.1) is 0 Å². The summed E-state index contributed by atoms with van der Waals surface area (Å²) in [5.74, 6) is 1.06. The van der Waals surface area contributed by atoms with E-state index in [0.717, 1.165) is 0 Å². The molecule has 102 valence electrons. The number of nitrogen functional groups attached to an aromatic ring is 2. The Bertz CT molecular complexity index is 570. The molecule has 0 aliphatic carbocycles. The van der Waals surface area contributed by atoms with Gasteiger partial charge < -0.3 is 16.2 Å². The van der Waals surface area contributed by atoms with Crippen LogP contribution in [0.1, 0.15) is 0 Å². The number of anilines is 2. The minimum atomic E-state index is 0.302. The number of aromatic nitrogens is 4. The van der Waals surface area contributed by atoms with Crippen LogP contribution in [0.2, 0.25) is 5.15 Å². The fourth-order valence-corrected chi connectivity index (χ4v) is 1.36. The third kappa shape index (κ3) is 5.13. The average molecular weight is 412 g/mol. The minimum absolute atomic E-state index is 0.302. The molecule has 0 fully saturated rings. The minimum Gasteiger partial charge on any atom is -0.480 e. The van der Waals surface area contributed by atoms with E-state index in [9.17, 15) is 0 Å². The maximum Gasteiger partial charge on any atom is 0.234 e. The van der Waals surface area contributed by atoms with E-state index in [-0.39, 0.29) is 0 Å². The molecule has 0 aliphatic heterocycles. The average Bonchev–Trinajstić information content (AvgIpc) is 2.38. The van der Waals surface area contributed by atoms with Gasteiger partial charge in [0.05, 0.1) is 19.5 Å². The van der Waals surface area contributed by atoms with Crippen molar-refractivity contribution >= 4 is 55.1 Å². The fourth-order valence-electron chi connectivity index (χ4n) is 0.836. The van der Waals surface area contributed by atoms with E-state index in [1.54, 1.807) is 0 Å². The molecule has 0 saturated heterocycles. The predicted octanol–water partition coefficient (Wildman–Crippen LogP) is 2.30. The van der Waals surface area contributed by atoms with Gasteiger partial charge in [0.25, 0.3) is 0 Å². The van der Waals surface area contributed by atoms with Gasteiger partial charge in [-0.3, -0.25) is 0 Å². The Morgan fingerprint density at radius 1 is 1.05 bits per heavy atom. The molecule has 0 atom stereocenters. The van der Waals surface area contributed by atoms with Gasteiger partial charge in [-0.05, 0) is 31.9 Å². The Morgan fingerprint density at radius 2 is 1.58 bits per heavy atom. The van der Waals surface area contributed by atoms with E-state index in [0.29, 0.717) is 31.9 Å². The molecule has 0 aliphatic rings. The summed E-state index contributed by atoms with van der Waals surface area (Å²) in [5, 5.41) is 0.302. The Kier molecular flexibility index (Phi) is 6.19. The zero-order chi connectivity index (χ0) is 14.4. The Balaban J connectivity index is 0.000000191. The van der Waals surface area contributed by atoms with Crippen molar-refractivity contribution in [3.63, 3.8) is 0 Å². The predicted molar refractivity (Wildman–Crippen MR) is 79.9 cm³/mol. The number of nitrogens with zero attached hydrogens (tertiary/aromatic N) is 4. The quantitative estimate of drug-likeness (QED) is 0.739. The summed E-state index contributed by atoms with van der Waals surface area (Å²) in [6.07, 6.45) is 2.91. The fraction of sp³-hybridized carbons (Fsp3) is 0.111. The number of rotatable bonds is 1. The summed E-state index contributed by atoms with van der Waals surface area (Å²) in [5.41, 5.74) is 10.7. The topological polar surface area (TPSA) is 113 Å². The van der Waals surface area contributed by atoms with Gasteiger partial charge in [-0.25, -0.2) is 15.0 Å². The summed E-state index contributed by atoms with van der Waals surface area (Å²) in [4.78, 5) is 15.2. The van der Waals surface area contributed by atoms with Crippen LogP contribution in [-0.4, -0.2) is 27.0 Å². The van der Waals surface area contributed by atoms with Crippen LogP contribution in [0.25, 0.3) is 0 Å². The van der Waals surface area contributed by atoms with E-state index in [1.165, 1.54) is 19.5 Å². The normalized spacial score (nSPS) is 9.47. The van der Waals surface area contributed by atoms with Crippen molar-refractivity contribution < 1.29 is 4.74 Å². The smallest absolute Gasteiger partial charge is 0.234 e. The highest BCUT2D eigenvalue weighted by atomic mass is 79.9. The maximum absolute atomic E-state index is 5.44. The summed E-state index contributed by atoms with van der Waals surface area (Å²) < 4.78 is 5.83. The highest BCUT2D eigenvalue weighted by molar-refractivity contribution is 9.10. The summed E-state index contributed by atoms with van der Waals surface area (Å²) in [6.45, 7) is 0. The van der Waals surface area contributed by atoms with Gasteiger partial charge in [-0.1, -0.05) is 11.6 Å². The second-order valence-electron chi connectivity index (χ2n) is 2.96. The van der Waals surface area contributed by atoms with Gasteiger partial charge in [0, 0.05) is 0 Å². The van der Waals surface area contributed by atoms with E-state index in [2.05, 4.69) is 51.8 Å². The van der Waals surface area contributed by atoms with Crippen molar-refractivity contribution in [2.45, 2.75) is 0 Å². The molecule has 0 bridgehead atoms. The van der Waals surface area contributed by atoms with Crippen molar-refractivity contribution in [1.82, 2.24) is 19.9 Å². The number of ether oxygens (including phenoxy) is 1. The molecule has 2 rings (SSSR count). The van der Waals surface area contributed by atoms with Crippen LogP contribution >= 0.6 is 43.5 Å². The molecule has 0 unspecified atom stereocenters. The van der Waals surface area contributed by atoms with Crippen molar-refractivity contribution in [3.8, 4) is 5.88 Å². The lowest BCUT2D eigenvalue weighted by Gasteiger charge is -1.98. The van der Waals surface area contributed by atoms with Crippen molar-refractivity contribution in [2.24, 2.45) is 0 Å². The molecule has 2 aromatic heterocycles. The van der Waals surface area contributed by atoms with Crippen LogP contribution in [0, 0.1) is 0 Å². The Labute approximate surface area is 131 Å². The van der Waals surface area contributed by atoms with E-state index in [1.807, 2.05) is 0 Å². The number of methoxy groups -OCH3 is 1. The zero-order valence-corrected chi connectivity index (χ0v) is 13.6. The first kappa shape index (κ1) is 15.9. The molecule has 0 aromatic carbocycles. The third-order valence-electron chi connectivity index (χ3n) is 1.66. The molecule has 0 amide bonds. The van der Waals surface area contributed by atoms with E-state index < -0.39 is 0 Å². The lowest BCUT2D eigenvalue weighted by Crippen LogP contribution is -1.96. The number of nitrogens with two attached hydrogens (primary N) is 2. The highest BCUT2D eigenvalue weighted by Gasteiger charge is 1.99. The Morgan fingerprint density at radius 3 is 2.00 bits per heavy atom. The highest BCUT2D eigenvalue weighted by Crippen LogP contribution is 2.16. The van der Waals surface area contributed by atoms with Crippen molar-refractivity contribution in [3.05, 3.63) is 26.8 Å². The summed E-state index contributed by atoms with van der Waals surface area (Å²) in [6, 6.07) is 0. The SMILES string of the molecule is COc1cnc(Br)c(N)n1.Nc1nc(Cl)cnc1Br. The van der Waals surface area contributed by atoms with Crippen LogP contribution in [-0.2, 0) is 0 Å². The first-order valence-electron chi connectivity index (χ1n) is 4.69. The Hall–Kier alpha value is -1.19. The van der Waals surface area contributed by atoms with Crippen molar-refractivity contribution in [2.75, 3.05) is 18.6 Å². The second kappa shape index (κ2) is 7.41. The molecular weight excluding hydrogens is 403 g/mol. The molecule has 10 heteroatoms. The van der Waals surface area contributed by atoms with Gasteiger partial charge in [-0.2, -0.15) is 4.98 Å². The molecule has 0 saturated carbocycles. The monoisotopic (exact) mass is 410 g/mol. The van der Waals surface area contributed by atoms with Gasteiger partial charge >= 0.3 is 0 Å². The van der Waals surface area contributed by atoms with Gasteiger partial charge in [0.1, 0.15) is 14.4 Å². The molecule has 19 heavy (non-hydrogen) atoms. The molecular formula is C9H9Br2ClN6O. The largest absolute Gasteiger partial charge is 0.480 e. The molecule has 2 heterocycles. The number of hydrogen-bond acceptors (Lipinski definition) is 7. The van der Waals surface area contributed by atoms with Crippen LogP contribution in [0.4, 0.5) is 11.6 Å². The first-order valence-corrected chi connectivity index (χ1v) is 6.66. The summed E-state index contributed by atoms with van der Waals surface area (Å²) in [7, 11) is 1.51. The lowest BCUT2D eigenvalue weighted by atomic mass is 10.7. The summed E-state index contributed by atoms with van der Waals surface area (Å²) >= 11 is 11.6. The maximum atomic E-state index is 5.44. The van der Waals surface area contributed by atoms with E-state index >= 15 is 0 Å². The van der Waals surface area contributed by atoms with Crippen LogP contribution in [0.15, 0.2) is 21.6 Å². The molecule has 0 radical (unpaired) electrons. The first-order chi connectivity index (χ1) is 8.93.